The zero-order valence-electron chi connectivity index (χ0n) is 13.5. The van der Waals surface area contributed by atoms with Gasteiger partial charge in [-0.1, -0.05) is 12.1 Å². The quantitative estimate of drug-likeness (QED) is 0.854. The Bertz CT molecular complexity index is 775. The number of hydrogen-bond donors (Lipinski definition) is 0. The van der Waals surface area contributed by atoms with E-state index in [9.17, 15) is 18.4 Å². The van der Waals surface area contributed by atoms with Crippen molar-refractivity contribution >= 4 is 11.8 Å². The van der Waals surface area contributed by atoms with Crippen LogP contribution in [0.2, 0.25) is 0 Å². The fourth-order valence-electron chi connectivity index (χ4n) is 2.80. The van der Waals surface area contributed by atoms with Crippen molar-refractivity contribution in [1.82, 2.24) is 14.8 Å². The standard InChI is InChI=1S/C18H17F2N3O2/c19-15-3-1-2-14(17(15)20)12-16(24)22-8-10-23(11-9-22)18(25)13-4-6-21-7-5-13/h1-7H,8-12H2. The average molecular weight is 345 g/mol. The highest BCUT2D eigenvalue weighted by Gasteiger charge is 2.25. The van der Waals surface area contributed by atoms with E-state index in [1.807, 2.05) is 0 Å². The molecule has 3 rings (SSSR count). The molecule has 2 aromatic rings. The maximum atomic E-state index is 13.7. The average Bonchev–Trinajstić information content (AvgIpc) is 2.65. The van der Waals surface area contributed by atoms with E-state index in [-0.39, 0.29) is 23.8 Å². The van der Waals surface area contributed by atoms with Crippen molar-refractivity contribution in [2.24, 2.45) is 0 Å². The molecule has 1 aliphatic rings. The van der Waals surface area contributed by atoms with Crippen LogP contribution >= 0.6 is 0 Å². The van der Waals surface area contributed by atoms with Gasteiger partial charge >= 0.3 is 0 Å². The highest BCUT2D eigenvalue weighted by Crippen LogP contribution is 2.14. The van der Waals surface area contributed by atoms with Crippen molar-refractivity contribution in [3.05, 3.63) is 65.5 Å². The summed E-state index contributed by atoms with van der Waals surface area (Å²) in [7, 11) is 0. The first-order chi connectivity index (χ1) is 12.1. The molecule has 7 heteroatoms. The summed E-state index contributed by atoms with van der Waals surface area (Å²) in [6.45, 7) is 1.54. The third kappa shape index (κ3) is 3.81. The van der Waals surface area contributed by atoms with Crippen molar-refractivity contribution in [1.29, 1.82) is 0 Å². The SMILES string of the molecule is O=C(Cc1cccc(F)c1F)N1CCN(C(=O)c2ccncc2)CC1. The number of aromatic nitrogens is 1. The zero-order valence-corrected chi connectivity index (χ0v) is 13.5. The largest absolute Gasteiger partial charge is 0.339 e. The first kappa shape index (κ1) is 17.0. The summed E-state index contributed by atoms with van der Waals surface area (Å²) in [5, 5.41) is 0. The number of halogens is 2. The molecule has 1 fully saturated rings. The molecule has 1 aliphatic heterocycles. The van der Waals surface area contributed by atoms with Gasteiger partial charge in [-0.25, -0.2) is 8.78 Å². The van der Waals surface area contributed by atoms with Crippen molar-refractivity contribution in [2.75, 3.05) is 26.2 Å². The molecule has 0 N–H and O–H groups in total. The predicted molar refractivity (Wildman–Crippen MR) is 86.8 cm³/mol. The molecule has 1 aromatic heterocycles. The molecule has 130 valence electrons. The summed E-state index contributed by atoms with van der Waals surface area (Å²) >= 11 is 0. The third-order valence-corrected chi connectivity index (χ3v) is 4.22. The number of benzene rings is 1. The Morgan fingerprint density at radius 2 is 1.60 bits per heavy atom. The van der Waals surface area contributed by atoms with E-state index in [2.05, 4.69) is 4.98 Å². The first-order valence-corrected chi connectivity index (χ1v) is 7.96. The number of nitrogens with zero attached hydrogens (tertiary/aromatic N) is 3. The van der Waals surface area contributed by atoms with Gasteiger partial charge in [0.25, 0.3) is 5.91 Å². The molecular formula is C18H17F2N3O2. The molecule has 0 saturated carbocycles. The van der Waals surface area contributed by atoms with Gasteiger partial charge in [-0.05, 0) is 18.2 Å². The number of hydrogen-bond acceptors (Lipinski definition) is 3. The molecule has 0 radical (unpaired) electrons. The predicted octanol–water partition coefficient (Wildman–Crippen LogP) is 1.89. The van der Waals surface area contributed by atoms with E-state index in [1.165, 1.54) is 12.1 Å². The maximum absolute atomic E-state index is 13.7. The van der Waals surface area contributed by atoms with Gasteiger partial charge in [-0.3, -0.25) is 14.6 Å². The Morgan fingerprint density at radius 1 is 0.960 bits per heavy atom. The molecule has 2 amide bonds. The van der Waals surface area contributed by atoms with Gasteiger partial charge in [0.2, 0.25) is 5.91 Å². The zero-order chi connectivity index (χ0) is 17.8. The Morgan fingerprint density at radius 3 is 2.28 bits per heavy atom. The van der Waals surface area contributed by atoms with Crippen LogP contribution in [0.15, 0.2) is 42.7 Å². The minimum atomic E-state index is -0.984. The summed E-state index contributed by atoms with van der Waals surface area (Å²) in [5.41, 5.74) is 0.594. The van der Waals surface area contributed by atoms with Crippen molar-refractivity contribution in [3.63, 3.8) is 0 Å². The molecule has 0 unspecified atom stereocenters. The van der Waals surface area contributed by atoms with Gasteiger partial charge in [-0.2, -0.15) is 0 Å². The number of rotatable bonds is 3. The number of piperazine rings is 1. The molecule has 2 heterocycles. The van der Waals surface area contributed by atoms with E-state index in [0.717, 1.165) is 6.07 Å². The van der Waals surface area contributed by atoms with Crippen LogP contribution in [0.3, 0.4) is 0 Å². The molecule has 5 nitrogen and oxygen atoms in total. The molecular weight excluding hydrogens is 328 g/mol. The van der Waals surface area contributed by atoms with E-state index >= 15 is 0 Å². The number of pyridine rings is 1. The maximum Gasteiger partial charge on any atom is 0.254 e. The van der Waals surface area contributed by atoms with Crippen LogP contribution < -0.4 is 0 Å². The number of carbonyl (C=O) groups is 2. The Kier molecular flexibility index (Phi) is 5.02. The molecule has 1 aromatic carbocycles. The van der Waals surface area contributed by atoms with E-state index in [1.54, 1.807) is 34.3 Å². The summed E-state index contributed by atoms with van der Waals surface area (Å²) in [6.07, 6.45) is 2.92. The van der Waals surface area contributed by atoms with Crippen LogP contribution in [0, 0.1) is 11.6 Å². The first-order valence-electron chi connectivity index (χ1n) is 7.96. The number of amides is 2. The lowest BCUT2D eigenvalue weighted by molar-refractivity contribution is -0.132. The van der Waals surface area contributed by atoms with Crippen molar-refractivity contribution < 1.29 is 18.4 Å². The molecule has 0 bridgehead atoms. The summed E-state index contributed by atoms with van der Waals surface area (Å²) in [6, 6.07) is 7.10. The smallest absolute Gasteiger partial charge is 0.254 e. The van der Waals surface area contributed by atoms with Gasteiger partial charge in [0.15, 0.2) is 11.6 Å². The topological polar surface area (TPSA) is 53.5 Å². The molecule has 0 atom stereocenters. The lowest BCUT2D eigenvalue weighted by Gasteiger charge is -2.35. The second-order valence-electron chi connectivity index (χ2n) is 5.80. The lowest BCUT2D eigenvalue weighted by atomic mass is 10.1. The van der Waals surface area contributed by atoms with E-state index in [4.69, 9.17) is 0 Å². The van der Waals surface area contributed by atoms with Gasteiger partial charge in [0.1, 0.15) is 0 Å². The fourth-order valence-corrected chi connectivity index (χ4v) is 2.80. The summed E-state index contributed by atoms with van der Waals surface area (Å²) in [4.78, 5) is 31.8. The Balaban J connectivity index is 1.58. The highest BCUT2D eigenvalue weighted by atomic mass is 19.2. The van der Waals surface area contributed by atoms with Crippen molar-refractivity contribution in [3.8, 4) is 0 Å². The van der Waals surface area contributed by atoms with Crippen molar-refractivity contribution in [2.45, 2.75) is 6.42 Å². The molecule has 25 heavy (non-hydrogen) atoms. The minimum Gasteiger partial charge on any atom is -0.339 e. The third-order valence-electron chi connectivity index (χ3n) is 4.22. The van der Waals surface area contributed by atoms with Crippen LogP contribution in [0.1, 0.15) is 15.9 Å². The Labute approximate surface area is 143 Å². The second kappa shape index (κ2) is 7.38. The monoisotopic (exact) mass is 345 g/mol. The van der Waals surface area contributed by atoms with E-state index in [0.29, 0.717) is 31.7 Å². The highest BCUT2D eigenvalue weighted by molar-refractivity contribution is 5.94. The van der Waals surface area contributed by atoms with Crippen LogP contribution in [-0.2, 0) is 11.2 Å². The summed E-state index contributed by atoms with van der Waals surface area (Å²) < 4.78 is 26.9. The minimum absolute atomic E-state index is 0.0419. The number of carbonyl (C=O) groups excluding carboxylic acids is 2. The van der Waals surface area contributed by atoms with Crippen LogP contribution in [0.5, 0.6) is 0 Å². The Hall–Kier alpha value is -2.83. The molecule has 0 spiro atoms. The van der Waals surface area contributed by atoms with Crippen LogP contribution in [0.25, 0.3) is 0 Å². The van der Waals surface area contributed by atoms with Crippen LogP contribution in [0.4, 0.5) is 8.78 Å². The normalized spacial score (nSPS) is 14.5. The van der Waals surface area contributed by atoms with Gasteiger partial charge < -0.3 is 9.80 Å². The molecule has 1 saturated heterocycles. The fraction of sp³-hybridized carbons (Fsp3) is 0.278. The second-order valence-corrected chi connectivity index (χ2v) is 5.80. The van der Waals surface area contributed by atoms with E-state index < -0.39 is 11.6 Å². The van der Waals surface area contributed by atoms with Gasteiger partial charge in [0.05, 0.1) is 6.42 Å². The van der Waals surface area contributed by atoms with Gasteiger partial charge in [-0.15, -0.1) is 0 Å². The van der Waals surface area contributed by atoms with Gasteiger partial charge in [0, 0.05) is 49.7 Å². The summed E-state index contributed by atoms with van der Waals surface area (Å²) in [5.74, 6) is -2.33. The van der Waals surface area contributed by atoms with Crippen LogP contribution in [-0.4, -0.2) is 52.8 Å². The molecule has 0 aliphatic carbocycles. The lowest BCUT2D eigenvalue weighted by Crippen LogP contribution is -2.51.